The number of hydrogen-bond acceptors (Lipinski definition) is 7. The smallest absolute Gasteiger partial charge is 0.356 e. The summed E-state index contributed by atoms with van der Waals surface area (Å²) in [6.45, 7) is 8.70. The van der Waals surface area contributed by atoms with Crippen molar-refractivity contribution in [2.24, 2.45) is 0 Å². The van der Waals surface area contributed by atoms with Crippen LogP contribution in [0.25, 0.3) is 0 Å². The molecule has 0 aromatic rings. The molecule has 0 saturated heterocycles. The number of ether oxygens (including phenoxy) is 3. The molecular weight excluding hydrogens is 287 g/mol. The summed E-state index contributed by atoms with van der Waals surface area (Å²) in [6, 6.07) is 0. The van der Waals surface area contributed by atoms with Crippen LogP contribution in [0.15, 0.2) is 0 Å². The first-order valence-corrected chi connectivity index (χ1v) is 8.22. The first-order chi connectivity index (χ1) is 9.25. The molecule has 0 aliphatic heterocycles. The molecule has 0 atom stereocenters. The number of esters is 1. The van der Waals surface area contributed by atoms with E-state index in [9.17, 15) is 9.36 Å². The minimum absolute atomic E-state index is 0.124. The summed E-state index contributed by atoms with van der Waals surface area (Å²) in [5.74, 6) is -0.411. The maximum Gasteiger partial charge on any atom is 0.356 e. The van der Waals surface area contributed by atoms with Crippen molar-refractivity contribution in [2.75, 3.05) is 26.4 Å². The highest BCUT2D eigenvalue weighted by Gasteiger charge is 2.27. The van der Waals surface area contributed by atoms with Crippen LogP contribution in [0.1, 0.15) is 34.6 Å². The van der Waals surface area contributed by atoms with Gasteiger partial charge in [-0.25, -0.2) is 0 Å². The zero-order chi connectivity index (χ0) is 15.6. The third-order valence-corrected chi connectivity index (χ3v) is 3.69. The van der Waals surface area contributed by atoms with Gasteiger partial charge in [-0.1, -0.05) is 0 Å². The highest BCUT2D eigenvalue weighted by molar-refractivity contribution is 7.53. The normalized spacial score (nSPS) is 12.2. The molecule has 0 saturated carbocycles. The van der Waals surface area contributed by atoms with Crippen LogP contribution in [-0.2, 0) is 32.6 Å². The fourth-order valence-corrected chi connectivity index (χ4v) is 3.01. The van der Waals surface area contributed by atoms with E-state index in [1.807, 2.05) is 0 Å². The quantitative estimate of drug-likeness (QED) is 0.251. The Balaban J connectivity index is 3.91. The maximum atomic E-state index is 12.3. The lowest BCUT2D eigenvalue weighted by Gasteiger charge is -2.22. The first-order valence-electron chi connectivity index (χ1n) is 6.50. The van der Waals surface area contributed by atoms with Gasteiger partial charge < -0.3 is 23.3 Å². The minimum Gasteiger partial charge on any atom is -0.439 e. The van der Waals surface area contributed by atoms with E-state index in [4.69, 9.17) is 18.5 Å². The van der Waals surface area contributed by atoms with Gasteiger partial charge in [-0.15, -0.1) is 0 Å². The van der Waals surface area contributed by atoms with E-state index < -0.39 is 13.6 Å². The molecule has 7 nitrogen and oxygen atoms in total. The van der Waals surface area contributed by atoms with Gasteiger partial charge in [-0.2, -0.15) is 0 Å². The molecule has 0 fully saturated rings. The molecule has 0 aliphatic carbocycles. The average molecular weight is 312 g/mol. The molecular formula is C12H25O7P. The predicted molar refractivity (Wildman–Crippen MR) is 73.5 cm³/mol. The SMILES string of the molecule is CC(=O)OCOCCOCP(=O)(OC(C)C)OC(C)C. The number of carbonyl (C=O) groups is 1. The number of rotatable bonds is 11. The Labute approximate surface area is 120 Å². The van der Waals surface area contributed by atoms with Crippen molar-refractivity contribution in [3.05, 3.63) is 0 Å². The van der Waals surface area contributed by atoms with E-state index in [0.29, 0.717) is 0 Å². The predicted octanol–water partition coefficient (Wildman–Crippen LogP) is 2.54. The van der Waals surface area contributed by atoms with Gasteiger partial charge in [0, 0.05) is 6.92 Å². The Morgan fingerprint density at radius 3 is 1.95 bits per heavy atom. The van der Waals surface area contributed by atoms with Gasteiger partial charge in [-0.3, -0.25) is 9.36 Å². The largest absolute Gasteiger partial charge is 0.439 e. The lowest BCUT2D eigenvalue weighted by atomic mass is 10.5. The van der Waals surface area contributed by atoms with Crippen LogP contribution in [0.5, 0.6) is 0 Å². The monoisotopic (exact) mass is 312 g/mol. The van der Waals surface area contributed by atoms with Crippen molar-refractivity contribution in [1.29, 1.82) is 0 Å². The lowest BCUT2D eigenvalue weighted by molar-refractivity contribution is -0.154. The first kappa shape index (κ1) is 19.5. The Kier molecular flexibility index (Phi) is 10.1. The third-order valence-electron chi connectivity index (χ3n) is 1.71. The topological polar surface area (TPSA) is 80.3 Å². The molecule has 0 unspecified atom stereocenters. The third kappa shape index (κ3) is 11.4. The Hall–Kier alpha value is -0.460. The molecule has 120 valence electrons. The van der Waals surface area contributed by atoms with E-state index in [2.05, 4.69) is 4.74 Å². The van der Waals surface area contributed by atoms with E-state index in [-0.39, 0.29) is 38.6 Å². The second-order valence-corrected chi connectivity index (χ2v) is 6.52. The van der Waals surface area contributed by atoms with Crippen LogP contribution in [0.3, 0.4) is 0 Å². The maximum absolute atomic E-state index is 12.3. The van der Waals surface area contributed by atoms with Gasteiger partial charge >= 0.3 is 13.6 Å². The molecule has 20 heavy (non-hydrogen) atoms. The van der Waals surface area contributed by atoms with E-state index in [1.54, 1.807) is 27.7 Å². The fourth-order valence-electron chi connectivity index (χ4n) is 1.21. The van der Waals surface area contributed by atoms with Gasteiger partial charge in [0.2, 0.25) is 0 Å². The second-order valence-electron chi connectivity index (χ2n) is 4.62. The Bertz CT molecular complexity index is 303. The van der Waals surface area contributed by atoms with Gasteiger partial charge in [0.1, 0.15) is 6.35 Å². The Morgan fingerprint density at radius 1 is 1.00 bits per heavy atom. The van der Waals surface area contributed by atoms with Gasteiger partial charge in [0.05, 0.1) is 25.4 Å². The van der Waals surface area contributed by atoms with E-state index in [0.717, 1.165) is 0 Å². The summed E-state index contributed by atoms with van der Waals surface area (Å²) in [5, 5.41) is 0. The standard InChI is InChI=1S/C12H25O7P/c1-10(2)18-20(14,19-11(3)4)9-16-7-6-15-8-17-12(5)13/h10-11H,6-9H2,1-5H3. The minimum atomic E-state index is -3.27. The molecule has 0 rings (SSSR count). The van der Waals surface area contributed by atoms with Crippen molar-refractivity contribution < 1.29 is 32.6 Å². The molecule has 0 N–H and O–H groups in total. The molecule has 0 radical (unpaired) electrons. The molecule has 0 aliphatic rings. The van der Waals surface area contributed by atoms with Crippen LogP contribution >= 0.6 is 7.60 Å². The second kappa shape index (κ2) is 10.3. The Morgan fingerprint density at radius 2 is 1.50 bits per heavy atom. The van der Waals surface area contributed by atoms with Crippen molar-refractivity contribution in [1.82, 2.24) is 0 Å². The number of hydrogen-bond donors (Lipinski definition) is 0. The van der Waals surface area contributed by atoms with Gasteiger partial charge in [-0.05, 0) is 27.7 Å². The van der Waals surface area contributed by atoms with E-state index >= 15 is 0 Å². The van der Waals surface area contributed by atoms with Gasteiger partial charge in [0.15, 0.2) is 6.79 Å². The lowest BCUT2D eigenvalue weighted by Crippen LogP contribution is -2.14. The van der Waals surface area contributed by atoms with Crippen LogP contribution in [-0.4, -0.2) is 44.5 Å². The van der Waals surface area contributed by atoms with Crippen LogP contribution in [0, 0.1) is 0 Å². The fraction of sp³-hybridized carbons (Fsp3) is 0.917. The highest BCUT2D eigenvalue weighted by Crippen LogP contribution is 2.50. The summed E-state index contributed by atoms with van der Waals surface area (Å²) < 4.78 is 37.7. The molecule has 0 aromatic carbocycles. The zero-order valence-electron chi connectivity index (χ0n) is 12.8. The van der Waals surface area contributed by atoms with Gasteiger partial charge in [0.25, 0.3) is 0 Å². The van der Waals surface area contributed by atoms with Crippen LogP contribution in [0.2, 0.25) is 0 Å². The summed E-state index contributed by atoms with van der Waals surface area (Å²) in [5.41, 5.74) is 0. The zero-order valence-corrected chi connectivity index (χ0v) is 13.7. The molecule has 0 spiro atoms. The van der Waals surface area contributed by atoms with Crippen LogP contribution < -0.4 is 0 Å². The summed E-state index contributed by atoms with van der Waals surface area (Å²) in [7, 11) is -3.27. The van der Waals surface area contributed by atoms with Crippen molar-refractivity contribution in [2.45, 2.75) is 46.8 Å². The number of carbonyl (C=O) groups excluding carboxylic acids is 1. The van der Waals surface area contributed by atoms with Crippen molar-refractivity contribution in [3.8, 4) is 0 Å². The molecule has 0 heterocycles. The van der Waals surface area contributed by atoms with Crippen molar-refractivity contribution in [3.63, 3.8) is 0 Å². The average Bonchev–Trinajstić information content (AvgIpc) is 2.24. The highest BCUT2D eigenvalue weighted by atomic mass is 31.2. The molecule has 0 amide bonds. The molecule has 0 aromatic heterocycles. The van der Waals surface area contributed by atoms with E-state index in [1.165, 1.54) is 6.92 Å². The summed E-state index contributed by atoms with van der Waals surface area (Å²) >= 11 is 0. The van der Waals surface area contributed by atoms with Crippen molar-refractivity contribution >= 4 is 13.6 Å². The summed E-state index contributed by atoms with van der Waals surface area (Å²) in [6.07, 6.45) is -0.577. The molecule has 0 bridgehead atoms. The summed E-state index contributed by atoms with van der Waals surface area (Å²) in [4.78, 5) is 10.5. The molecule has 8 heteroatoms. The van der Waals surface area contributed by atoms with Crippen LogP contribution in [0.4, 0.5) is 0 Å².